The van der Waals surface area contributed by atoms with Gasteiger partial charge in [-0.2, -0.15) is 0 Å². The van der Waals surface area contributed by atoms with Gasteiger partial charge in [0.05, 0.1) is 28.5 Å². The molecule has 0 unspecified atom stereocenters. The Morgan fingerprint density at radius 1 is 1.05 bits per heavy atom. The summed E-state index contributed by atoms with van der Waals surface area (Å²) in [6, 6.07) is 23.3. The molecule has 3 aromatic carbocycles. The third-order valence-corrected chi connectivity index (χ3v) is 7.07. The molecule has 6 nitrogen and oxygen atoms in total. The van der Waals surface area contributed by atoms with Crippen LogP contribution >= 0.6 is 22.9 Å². The first-order valence-corrected chi connectivity index (χ1v) is 12.9. The smallest absolute Gasteiger partial charge is 0.338 e. The minimum Gasteiger partial charge on any atom is -0.463 e. The van der Waals surface area contributed by atoms with Crippen LogP contribution in [0.1, 0.15) is 31.0 Å². The highest BCUT2D eigenvalue weighted by molar-refractivity contribution is 7.07. The Hall–Kier alpha value is -3.94. The summed E-state index contributed by atoms with van der Waals surface area (Å²) in [5.41, 5.74) is 2.14. The molecule has 186 valence electrons. The lowest BCUT2D eigenvalue weighted by Gasteiger charge is -2.25. The topological polar surface area (TPSA) is 69.9 Å². The first-order valence-electron chi connectivity index (χ1n) is 11.7. The van der Waals surface area contributed by atoms with Gasteiger partial charge in [-0.1, -0.05) is 65.4 Å². The van der Waals surface area contributed by atoms with Crippen molar-refractivity contribution >= 4 is 35.0 Å². The number of hydrogen-bond acceptors (Lipinski definition) is 6. The van der Waals surface area contributed by atoms with Crippen molar-refractivity contribution in [3.8, 4) is 11.5 Å². The fraction of sp³-hybridized carbons (Fsp3) is 0.138. The van der Waals surface area contributed by atoms with Gasteiger partial charge in [0.2, 0.25) is 0 Å². The quantitative estimate of drug-likeness (QED) is 0.319. The van der Waals surface area contributed by atoms with Gasteiger partial charge in [-0.25, -0.2) is 9.79 Å². The Labute approximate surface area is 222 Å². The highest BCUT2D eigenvalue weighted by Crippen LogP contribution is 2.33. The van der Waals surface area contributed by atoms with Crippen molar-refractivity contribution in [1.82, 2.24) is 4.57 Å². The number of esters is 1. The predicted molar refractivity (Wildman–Crippen MR) is 145 cm³/mol. The molecule has 5 rings (SSSR count). The van der Waals surface area contributed by atoms with Crippen LogP contribution in [-0.2, 0) is 9.53 Å². The average Bonchev–Trinajstić information content (AvgIpc) is 3.19. The van der Waals surface area contributed by atoms with Crippen LogP contribution in [0, 0.1) is 0 Å². The lowest BCUT2D eigenvalue weighted by atomic mass is 9.95. The molecule has 0 N–H and O–H groups in total. The van der Waals surface area contributed by atoms with E-state index in [1.54, 1.807) is 36.6 Å². The molecular formula is C29H23ClN2O4S. The van der Waals surface area contributed by atoms with Crippen LogP contribution in [0.2, 0.25) is 5.02 Å². The van der Waals surface area contributed by atoms with Gasteiger partial charge in [-0.15, -0.1) is 0 Å². The molecule has 0 saturated heterocycles. The molecular weight excluding hydrogens is 508 g/mol. The molecule has 0 saturated carbocycles. The van der Waals surface area contributed by atoms with E-state index in [9.17, 15) is 9.59 Å². The molecule has 1 aromatic heterocycles. The molecule has 8 heteroatoms. The van der Waals surface area contributed by atoms with Crippen LogP contribution in [-0.4, -0.2) is 17.1 Å². The van der Waals surface area contributed by atoms with Crippen molar-refractivity contribution in [2.24, 2.45) is 4.99 Å². The predicted octanol–water partition coefficient (Wildman–Crippen LogP) is 5.24. The molecule has 1 aliphatic rings. The van der Waals surface area contributed by atoms with Crippen molar-refractivity contribution in [3.63, 3.8) is 0 Å². The molecule has 0 aliphatic carbocycles. The summed E-state index contributed by atoms with van der Waals surface area (Å²) in [7, 11) is 0. The number of hydrogen-bond donors (Lipinski definition) is 0. The monoisotopic (exact) mass is 530 g/mol. The summed E-state index contributed by atoms with van der Waals surface area (Å²) >= 11 is 7.29. The molecule has 0 spiro atoms. The van der Waals surface area contributed by atoms with Gasteiger partial charge >= 0.3 is 5.97 Å². The van der Waals surface area contributed by atoms with E-state index >= 15 is 0 Å². The van der Waals surface area contributed by atoms with E-state index in [0.717, 1.165) is 5.56 Å². The van der Waals surface area contributed by atoms with E-state index in [2.05, 4.69) is 4.99 Å². The SMILES string of the molecule is CCOC(=O)C1=C(C)N=c2s/c(=C/c3ccc(Cl)cc3)c(=O)n2[C@H]1c1cccc(Oc2ccccc2)c1. The zero-order valence-corrected chi connectivity index (χ0v) is 21.8. The molecule has 0 bridgehead atoms. The third kappa shape index (κ3) is 5.14. The number of nitrogens with zero attached hydrogens (tertiary/aromatic N) is 2. The summed E-state index contributed by atoms with van der Waals surface area (Å²) in [6.07, 6.45) is 1.80. The van der Waals surface area contributed by atoms with Gasteiger partial charge in [0, 0.05) is 5.02 Å². The van der Waals surface area contributed by atoms with Crippen LogP contribution in [0.4, 0.5) is 0 Å². The molecule has 0 fully saturated rings. The van der Waals surface area contributed by atoms with Crippen molar-refractivity contribution in [3.05, 3.63) is 126 Å². The molecule has 0 amide bonds. The second kappa shape index (κ2) is 10.6. The van der Waals surface area contributed by atoms with Gasteiger partial charge in [0.25, 0.3) is 5.56 Å². The van der Waals surface area contributed by atoms with E-state index in [4.69, 9.17) is 21.1 Å². The number of allylic oxidation sites excluding steroid dienone is 1. The Bertz CT molecular complexity index is 1670. The fourth-order valence-corrected chi connectivity index (χ4v) is 5.36. The number of halogens is 1. The van der Waals surface area contributed by atoms with Crippen molar-refractivity contribution < 1.29 is 14.3 Å². The maximum Gasteiger partial charge on any atom is 0.338 e. The van der Waals surface area contributed by atoms with Crippen molar-refractivity contribution in [2.45, 2.75) is 19.9 Å². The first kappa shape index (κ1) is 24.7. The average molecular weight is 531 g/mol. The van der Waals surface area contributed by atoms with E-state index < -0.39 is 12.0 Å². The number of ether oxygens (including phenoxy) is 2. The summed E-state index contributed by atoms with van der Waals surface area (Å²) in [5, 5.41) is 0.617. The van der Waals surface area contributed by atoms with Crippen LogP contribution in [0.5, 0.6) is 11.5 Å². The lowest BCUT2D eigenvalue weighted by Crippen LogP contribution is -2.39. The second-order valence-electron chi connectivity index (χ2n) is 8.34. The Morgan fingerprint density at radius 2 is 1.78 bits per heavy atom. The zero-order valence-electron chi connectivity index (χ0n) is 20.2. The van der Waals surface area contributed by atoms with Gasteiger partial charge < -0.3 is 9.47 Å². The van der Waals surface area contributed by atoms with Crippen LogP contribution in [0.15, 0.2) is 99.9 Å². The standard InChI is InChI=1S/C29H23ClN2O4S/c1-3-35-28(34)25-18(2)31-29-32(27(33)24(37-29)16-19-12-14-21(30)15-13-19)26(25)20-8-7-11-23(17-20)36-22-9-5-4-6-10-22/h4-17,26H,3H2,1-2H3/b24-16+/t26-/m0/s1. The normalized spacial score (nSPS) is 15.2. The molecule has 1 aliphatic heterocycles. The lowest BCUT2D eigenvalue weighted by molar-refractivity contribution is -0.139. The number of fused-ring (bicyclic) bond motifs is 1. The number of carbonyl (C=O) groups excluding carboxylic acids is 1. The third-order valence-electron chi connectivity index (χ3n) is 5.84. The number of aromatic nitrogens is 1. The fourth-order valence-electron chi connectivity index (χ4n) is 4.19. The molecule has 2 heterocycles. The van der Waals surface area contributed by atoms with E-state index in [-0.39, 0.29) is 12.2 Å². The van der Waals surface area contributed by atoms with Gasteiger partial charge in [-0.3, -0.25) is 9.36 Å². The summed E-state index contributed by atoms with van der Waals surface area (Å²) in [6.45, 7) is 3.72. The number of thiazole rings is 1. The summed E-state index contributed by atoms with van der Waals surface area (Å²) in [4.78, 5) is 32.0. The molecule has 0 radical (unpaired) electrons. The van der Waals surface area contributed by atoms with Crippen LogP contribution in [0.25, 0.3) is 6.08 Å². The van der Waals surface area contributed by atoms with E-state index in [1.165, 1.54) is 11.3 Å². The number of rotatable bonds is 6. The molecule has 4 aromatic rings. The summed E-state index contributed by atoms with van der Waals surface area (Å²) in [5.74, 6) is 0.767. The number of para-hydroxylation sites is 1. The van der Waals surface area contributed by atoms with E-state index in [0.29, 0.717) is 42.7 Å². The second-order valence-corrected chi connectivity index (χ2v) is 9.79. The number of carbonyl (C=O) groups is 1. The minimum atomic E-state index is -0.720. The summed E-state index contributed by atoms with van der Waals surface area (Å²) < 4.78 is 13.5. The Kier molecular flexibility index (Phi) is 7.08. The molecule has 1 atom stereocenters. The first-order chi connectivity index (χ1) is 17.9. The highest BCUT2D eigenvalue weighted by Gasteiger charge is 2.33. The maximum absolute atomic E-state index is 13.7. The van der Waals surface area contributed by atoms with Crippen LogP contribution in [0.3, 0.4) is 0 Å². The van der Waals surface area contributed by atoms with Crippen molar-refractivity contribution in [1.29, 1.82) is 0 Å². The maximum atomic E-state index is 13.7. The highest BCUT2D eigenvalue weighted by atomic mass is 35.5. The largest absolute Gasteiger partial charge is 0.463 e. The molecule has 37 heavy (non-hydrogen) atoms. The van der Waals surface area contributed by atoms with Crippen LogP contribution < -0.4 is 19.6 Å². The van der Waals surface area contributed by atoms with Crippen molar-refractivity contribution in [2.75, 3.05) is 6.61 Å². The van der Waals surface area contributed by atoms with Gasteiger partial charge in [0.15, 0.2) is 4.80 Å². The minimum absolute atomic E-state index is 0.209. The zero-order chi connectivity index (χ0) is 25.9. The number of benzene rings is 3. The Morgan fingerprint density at radius 3 is 2.51 bits per heavy atom. The van der Waals surface area contributed by atoms with E-state index in [1.807, 2.05) is 66.7 Å². The Balaban J connectivity index is 1.66. The van der Waals surface area contributed by atoms with Gasteiger partial charge in [-0.05, 0) is 67.4 Å². The van der Waals surface area contributed by atoms with Gasteiger partial charge in [0.1, 0.15) is 11.5 Å².